The molecule has 92 valence electrons. The van der Waals surface area contributed by atoms with E-state index in [9.17, 15) is 4.79 Å². The Morgan fingerprint density at radius 1 is 1.32 bits per heavy atom. The summed E-state index contributed by atoms with van der Waals surface area (Å²) < 4.78 is 1.56. The normalized spacial score (nSPS) is 10.5. The van der Waals surface area contributed by atoms with Gasteiger partial charge in [0.25, 0.3) is 5.56 Å². The van der Waals surface area contributed by atoms with Crippen molar-refractivity contribution in [1.82, 2.24) is 19.6 Å². The number of aromatic amines is 1. The van der Waals surface area contributed by atoms with Gasteiger partial charge < -0.3 is 0 Å². The summed E-state index contributed by atoms with van der Waals surface area (Å²) in [6.45, 7) is 0. The number of nitriles is 1. The molecule has 0 radical (unpaired) electrons. The molecule has 0 aliphatic heterocycles. The number of H-pyrrole nitrogens is 1. The highest BCUT2D eigenvalue weighted by atomic mass is 35.5. The van der Waals surface area contributed by atoms with Crippen LogP contribution in [0.25, 0.3) is 17.0 Å². The van der Waals surface area contributed by atoms with Crippen LogP contribution in [0.3, 0.4) is 0 Å². The number of rotatable bonds is 1. The molecule has 0 saturated carbocycles. The summed E-state index contributed by atoms with van der Waals surface area (Å²) in [5.41, 5.74) is 0.655. The Balaban J connectivity index is 2.44. The van der Waals surface area contributed by atoms with Crippen molar-refractivity contribution in [3.05, 3.63) is 51.5 Å². The second-order valence-electron chi connectivity index (χ2n) is 3.82. The molecule has 19 heavy (non-hydrogen) atoms. The fourth-order valence-corrected chi connectivity index (χ4v) is 2.00. The minimum atomic E-state index is -0.493. The zero-order valence-electron chi connectivity index (χ0n) is 9.46. The number of benzene rings is 1. The highest BCUT2D eigenvalue weighted by Gasteiger charge is 2.15. The van der Waals surface area contributed by atoms with Gasteiger partial charge in [0.1, 0.15) is 18.0 Å². The van der Waals surface area contributed by atoms with Crippen LogP contribution in [0, 0.1) is 11.3 Å². The van der Waals surface area contributed by atoms with Gasteiger partial charge in [0, 0.05) is 10.6 Å². The largest absolute Gasteiger partial charge is 0.289 e. The van der Waals surface area contributed by atoms with E-state index in [1.807, 2.05) is 6.07 Å². The average Bonchev–Trinajstić information content (AvgIpc) is 2.86. The molecular formula is C12H6ClN5O. The zero-order valence-corrected chi connectivity index (χ0v) is 10.2. The van der Waals surface area contributed by atoms with E-state index < -0.39 is 5.56 Å². The molecule has 0 amide bonds. The third kappa shape index (κ3) is 1.77. The summed E-state index contributed by atoms with van der Waals surface area (Å²) in [4.78, 5) is 14.3. The first-order valence-electron chi connectivity index (χ1n) is 5.33. The van der Waals surface area contributed by atoms with Gasteiger partial charge in [-0.05, 0) is 12.1 Å². The van der Waals surface area contributed by atoms with Gasteiger partial charge in [0.15, 0.2) is 0 Å². The topological polar surface area (TPSA) is 86.8 Å². The first kappa shape index (κ1) is 11.4. The summed E-state index contributed by atoms with van der Waals surface area (Å²) in [6, 6.07) is 8.75. The number of hydrogen-bond donors (Lipinski definition) is 1. The molecule has 0 aliphatic carbocycles. The molecule has 1 aromatic carbocycles. The highest BCUT2D eigenvalue weighted by Crippen LogP contribution is 2.23. The van der Waals surface area contributed by atoms with E-state index in [-0.39, 0.29) is 11.3 Å². The summed E-state index contributed by atoms with van der Waals surface area (Å²) in [5, 5.41) is 17.2. The number of nitrogens with one attached hydrogen (secondary N) is 1. The molecule has 6 nitrogen and oxygen atoms in total. The SMILES string of the molecule is N#Cc1c(-c2ccc(Cl)cc2)n2cnnc2[nH]c1=O. The lowest BCUT2D eigenvalue weighted by atomic mass is 10.1. The number of aromatic nitrogens is 4. The molecule has 1 N–H and O–H groups in total. The smallest absolute Gasteiger partial charge is 0.270 e. The maximum Gasteiger partial charge on any atom is 0.270 e. The van der Waals surface area contributed by atoms with Gasteiger partial charge in [-0.1, -0.05) is 23.7 Å². The van der Waals surface area contributed by atoms with Crippen LogP contribution in [-0.2, 0) is 0 Å². The van der Waals surface area contributed by atoms with E-state index in [4.69, 9.17) is 16.9 Å². The molecular weight excluding hydrogens is 266 g/mol. The lowest BCUT2D eigenvalue weighted by Crippen LogP contribution is -2.15. The van der Waals surface area contributed by atoms with Crippen LogP contribution in [0.1, 0.15) is 5.56 Å². The molecule has 0 saturated heterocycles. The molecule has 0 aliphatic rings. The molecule has 7 heteroatoms. The molecule has 0 bridgehead atoms. The van der Waals surface area contributed by atoms with Crippen molar-refractivity contribution >= 4 is 17.4 Å². The maximum atomic E-state index is 11.8. The predicted octanol–water partition coefficient (Wildman–Crippen LogP) is 1.61. The Kier molecular flexibility index (Phi) is 2.54. The van der Waals surface area contributed by atoms with Crippen LogP contribution in [0.5, 0.6) is 0 Å². The summed E-state index contributed by atoms with van der Waals surface area (Å²) in [6.07, 6.45) is 1.44. The van der Waals surface area contributed by atoms with Gasteiger partial charge in [0.05, 0.1) is 5.69 Å². The van der Waals surface area contributed by atoms with Crippen molar-refractivity contribution in [1.29, 1.82) is 5.26 Å². The molecule has 2 heterocycles. The average molecular weight is 272 g/mol. The van der Waals surface area contributed by atoms with Crippen LogP contribution in [-0.4, -0.2) is 19.6 Å². The van der Waals surface area contributed by atoms with Gasteiger partial charge in [-0.2, -0.15) is 5.26 Å². The third-order valence-corrected chi connectivity index (χ3v) is 2.96. The quantitative estimate of drug-likeness (QED) is 0.728. The van der Waals surface area contributed by atoms with Crippen molar-refractivity contribution in [2.24, 2.45) is 0 Å². The van der Waals surface area contributed by atoms with Crippen molar-refractivity contribution < 1.29 is 0 Å². The molecule has 0 fully saturated rings. The fourth-order valence-electron chi connectivity index (χ4n) is 1.87. The van der Waals surface area contributed by atoms with Gasteiger partial charge in [-0.25, -0.2) is 0 Å². The maximum absolute atomic E-state index is 11.8. The van der Waals surface area contributed by atoms with Crippen molar-refractivity contribution in [2.75, 3.05) is 0 Å². The standard InChI is InChI=1S/C12H6ClN5O/c13-8-3-1-7(2-4-8)10-9(5-14)11(19)16-12-17-15-6-18(10)12/h1-4,6H,(H,16,17,19). The lowest BCUT2D eigenvalue weighted by Gasteiger charge is -2.06. The minimum Gasteiger partial charge on any atom is -0.289 e. The summed E-state index contributed by atoms with van der Waals surface area (Å²) in [5.74, 6) is 0.286. The first-order valence-corrected chi connectivity index (χ1v) is 5.70. The van der Waals surface area contributed by atoms with E-state index in [1.54, 1.807) is 28.7 Å². The van der Waals surface area contributed by atoms with Gasteiger partial charge >= 0.3 is 0 Å². The Labute approximate surface area is 111 Å². The molecule has 3 aromatic rings. The molecule has 3 rings (SSSR count). The number of hydrogen-bond acceptors (Lipinski definition) is 4. The van der Waals surface area contributed by atoms with Crippen LogP contribution >= 0.6 is 11.6 Å². The van der Waals surface area contributed by atoms with Crippen LogP contribution < -0.4 is 5.56 Å². The second-order valence-corrected chi connectivity index (χ2v) is 4.26. The number of nitrogens with zero attached hydrogens (tertiary/aromatic N) is 4. The number of halogens is 1. The van der Waals surface area contributed by atoms with Crippen LogP contribution in [0.2, 0.25) is 5.02 Å². The molecule has 0 atom stereocenters. The Hall–Kier alpha value is -2.65. The summed E-state index contributed by atoms with van der Waals surface area (Å²) >= 11 is 5.84. The Morgan fingerprint density at radius 2 is 2.05 bits per heavy atom. The first-order chi connectivity index (χ1) is 9.20. The Bertz CT molecular complexity index is 856. The fraction of sp³-hybridized carbons (Fsp3) is 0. The van der Waals surface area contributed by atoms with Gasteiger partial charge in [-0.15, -0.1) is 10.2 Å². The van der Waals surface area contributed by atoms with Crippen LogP contribution in [0.15, 0.2) is 35.4 Å². The second kappa shape index (κ2) is 4.23. The third-order valence-electron chi connectivity index (χ3n) is 2.71. The van der Waals surface area contributed by atoms with E-state index in [2.05, 4.69) is 15.2 Å². The van der Waals surface area contributed by atoms with Crippen molar-refractivity contribution in [3.8, 4) is 17.3 Å². The van der Waals surface area contributed by atoms with Gasteiger partial charge in [0.2, 0.25) is 5.78 Å². The van der Waals surface area contributed by atoms with Crippen LogP contribution in [0.4, 0.5) is 0 Å². The molecule has 0 unspecified atom stereocenters. The molecule has 0 spiro atoms. The number of fused-ring (bicyclic) bond motifs is 1. The summed E-state index contributed by atoms with van der Waals surface area (Å²) in [7, 11) is 0. The zero-order chi connectivity index (χ0) is 13.4. The van der Waals surface area contributed by atoms with Crippen molar-refractivity contribution in [3.63, 3.8) is 0 Å². The Morgan fingerprint density at radius 3 is 2.74 bits per heavy atom. The highest BCUT2D eigenvalue weighted by molar-refractivity contribution is 6.30. The molecule has 2 aromatic heterocycles. The lowest BCUT2D eigenvalue weighted by molar-refractivity contribution is 1.07. The minimum absolute atomic E-state index is 0.00891. The monoisotopic (exact) mass is 271 g/mol. The van der Waals surface area contributed by atoms with E-state index in [0.717, 1.165) is 0 Å². The predicted molar refractivity (Wildman–Crippen MR) is 68.8 cm³/mol. The van der Waals surface area contributed by atoms with Crippen molar-refractivity contribution in [2.45, 2.75) is 0 Å². The van der Waals surface area contributed by atoms with Gasteiger partial charge in [-0.3, -0.25) is 14.2 Å². The van der Waals surface area contributed by atoms with E-state index in [1.165, 1.54) is 6.33 Å². The van der Waals surface area contributed by atoms with E-state index in [0.29, 0.717) is 16.3 Å². The van der Waals surface area contributed by atoms with E-state index >= 15 is 0 Å².